The number of hydrogen-bond donors (Lipinski definition) is 2. The fourth-order valence-corrected chi connectivity index (χ4v) is 1.81. The van der Waals surface area contributed by atoms with Crippen molar-refractivity contribution in [3.05, 3.63) is 49.3 Å². The molecular weight excluding hydrogens is 250 g/mol. The fourth-order valence-electron chi connectivity index (χ4n) is 1.81. The molecule has 0 unspecified atom stereocenters. The third-order valence-electron chi connectivity index (χ3n) is 2.95. The molecule has 20 heavy (non-hydrogen) atoms. The molecule has 2 aromatic rings. The Morgan fingerprint density at radius 3 is 2.90 bits per heavy atom. The van der Waals surface area contributed by atoms with Crippen LogP contribution in [0.2, 0.25) is 0 Å². The lowest BCUT2D eigenvalue weighted by molar-refractivity contribution is 1.07. The maximum atomic E-state index is 4.31. The van der Waals surface area contributed by atoms with E-state index in [4.69, 9.17) is 0 Å². The van der Waals surface area contributed by atoms with Gasteiger partial charge in [0.15, 0.2) is 0 Å². The maximum Gasteiger partial charge on any atom is 0.138 e. The second-order valence-corrected chi connectivity index (χ2v) is 4.29. The van der Waals surface area contributed by atoms with Gasteiger partial charge in [0.25, 0.3) is 0 Å². The van der Waals surface area contributed by atoms with Crippen molar-refractivity contribution in [1.82, 2.24) is 9.97 Å². The lowest BCUT2D eigenvalue weighted by atomic mass is 10.2. The van der Waals surface area contributed by atoms with Crippen LogP contribution in [0, 0.1) is 0 Å². The molecule has 5 nitrogen and oxygen atoms in total. The molecule has 0 aliphatic rings. The van der Waals surface area contributed by atoms with Gasteiger partial charge in [0, 0.05) is 38.1 Å². The zero-order valence-electron chi connectivity index (χ0n) is 11.8. The minimum atomic E-state index is 0.676. The SMILES string of the molecule is C=CCNc1cc(N(C)c2cccc(NC)c2)ncn1. The Morgan fingerprint density at radius 2 is 2.15 bits per heavy atom. The third-order valence-corrected chi connectivity index (χ3v) is 2.95. The molecule has 0 spiro atoms. The van der Waals surface area contributed by atoms with E-state index in [1.807, 2.05) is 43.3 Å². The lowest BCUT2D eigenvalue weighted by Gasteiger charge is -2.19. The van der Waals surface area contributed by atoms with E-state index in [1.165, 1.54) is 0 Å². The summed E-state index contributed by atoms with van der Waals surface area (Å²) in [5, 5.41) is 6.29. The van der Waals surface area contributed by atoms with Crippen LogP contribution in [0.1, 0.15) is 0 Å². The summed E-state index contributed by atoms with van der Waals surface area (Å²) in [6, 6.07) is 10.1. The van der Waals surface area contributed by atoms with E-state index < -0.39 is 0 Å². The van der Waals surface area contributed by atoms with Crippen LogP contribution in [0.4, 0.5) is 23.0 Å². The van der Waals surface area contributed by atoms with Crippen molar-refractivity contribution >= 4 is 23.0 Å². The van der Waals surface area contributed by atoms with Crippen LogP contribution in [0.15, 0.2) is 49.3 Å². The summed E-state index contributed by atoms with van der Waals surface area (Å²) in [5.74, 6) is 1.62. The van der Waals surface area contributed by atoms with Crippen LogP contribution in [-0.2, 0) is 0 Å². The Bertz CT molecular complexity index is 582. The first-order valence-corrected chi connectivity index (χ1v) is 6.43. The second kappa shape index (κ2) is 6.56. The number of nitrogens with one attached hydrogen (secondary N) is 2. The summed E-state index contributed by atoms with van der Waals surface area (Å²) in [5.41, 5.74) is 2.12. The molecule has 2 N–H and O–H groups in total. The summed E-state index contributed by atoms with van der Waals surface area (Å²) in [4.78, 5) is 10.5. The highest BCUT2D eigenvalue weighted by Crippen LogP contribution is 2.25. The van der Waals surface area contributed by atoms with Gasteiger partial charge < -0.3 is 15.5 Å². The molecule has 104 valence electrons. The topological polar surface area (TPSA) is 53.1 Å². The monoisotopic (exact) mass is 269 g/mol. The van der Waals surface area contributed by atoms with E-state index in [0.717, 1.165) is 23.0 Å². The smallest absolute Gasteiger partial charge is 0.138 e. The standard InChI is InChI=1S/C15H19N5/c1-4-8-17-14-10-15(19-11-18-14)20(3)13-7-5-6-12(9-13)16-2/h4-7,9-11,16H,1,8H2,2-3H3,(H,17,18,19). The summed E-state index contributed by atoms with van der Waals surface area (Å²) in [7, 11) is 3.88. The molecule has 1 aromatic heterocycles. The average Bonchev–Trinajstić information content (AvgIpc) is 2.52. The Morgan fingerprint density at radius 1 is 1.30 bits per heavy atom. The first kappa shape index (κ1) is 13.9. The van der Waals surface area contributed by atoms with E-state index in [9.17, 15) is 0 Å². The van der Waals surface area contributed by atoms with Gasteiger partial charge in [-0.2, -0.15) is 0 Å². The number of aromatic nitrogens is 2. The molecular formula is C15H19N5. The van der Waals surface area contributed by atoms with Crippen LogP contribution in [0.5, 0.6) is 0 Å². The van der Waals surface area contributed by atoms with Gasteiger partial charge in [-0.05, 0) is 18.2 Å². The van der Waals surface area contributed by atoms with E-state index in [2.05, 4.69) is 33.2 Å². The quantitative estimate of drug-likeness (QED) is 0.790. The molecule has 0 atom stereocenters. The summed E-state index contributed by atoms with van der Waals surface area (Å²) >= 11 is 0. The number of hydrogen-bond acceptors (Lipinski definition) is 5. The Hall–Kier alpha value is -2.56. The molecule has 2 rings (SSSR count). The Labute approximate surface area is 119 Å². The van der Waals surface area contributed by atoms with Gasteiger partial charge in [-0.15, -0.1) is 6.58 Å². The van der Waals surface area contributed by atoms with E-state index >= 15 is 0 Å². The largest absolute Gasteiger partial charge is 0.388 e. The van der Waals surface area contributed by atoms with Crippen LogP contribution < -0.4 is 15.5 Å². The molecule has 5 heteroatoms. The number of anilines is 4. The van der Waals surface area contributed by atoms with Crippen LogP contribution in [-0.4, -0.2) is 30.6 Å². The van der Waals surface area contributed by atoms with Gasteiger partial charge in [-0.1, -0.05) is 12.1 Å². The highest BCUT2D eigenvalue weighted by Gasteiger charge is 2.07. The fraction of sp³-hybridized carbons (Fsp3) is 0.200. The Balaban J connectivity index is 2.23. The molecule has 0 saturated heterocycles. The van der Waals surface area contributed by atoms with Crippen molar-refractivity contribution < 1.29 is 0 Å². The zero-order valence-corrected chi connectivity index (χ0v) is 11.8. The van der Waals surface area contributed by atoms with E-state index in [-0.39, 0.29) is 0 Å². The molecule has 0 radical (unpaired) electrons. The number of nitrogens with zero attached hydrogens (tertiary/aromatic N) is 3. The highest BCUT2D eigenvalue weighted by molar-refractivity contribution is 5.65. The van der Waals surface area contributed by atoms with Crippen LogP contribution >= 0.6 is 0 Å². The zero-order chi connectivity index (χ0) is 14.4. The normalized spacial score (nSPS) is 9.90. The summed E-state index contributed by atoms with van der Waals surface area (Å²) in [6.07, 6.45) is 3.35. The van der Waals surface area contributed by atoms with Crippen molar-refractivity contribution in [1.29, 1.82) is 0 Å². The van der Waals surface area contributed by atoms with E-state index in [1.54, 1.807) is 12.4 Å². The van der Waals surface area contributed by atoms with Gasteiger partial charge in [0.1, 0.15) is 18.0 Å². The van der Waals surface area contributed by atoms with Crippen molar-refractivity contribution in [2.45, 2.75) is 0 Å². The first-order chi connectivity index (χ1) is 9.74. The molecule has 1 heterocycles. The molecule has 0 bridgehead atoms. The molecule has 0 fully saturated rings. The first-order valence-electron chi connectivity index (χ1n) is 6.43. The predicted molar refractivity (Wildman–Crippen MR) is 84.8 cm³/mol. The van der Waals surface area contributed by atoms with Crippen molar-refractivity contribution in [3.8, 4) is 0 Å². The minimum absolute atomic E-state index is 0.676. The van der Waals surface area contributed by atoms with Crippen LogP contribution in [0.3, 0.4) is 0 Å². The average molecular weight is 269 g/mol. The van der Waals surface area contributed by atoms with Gasteiger partial charge in [0.05, 0.1) is 0 Å². The molecule has 1 aromatic carbocycles. The van der Waals surface area contributed by atoms with Crippen molar-refractivity contribution in [2.24, 2.45) is 0 Å². The van der Waals surface area contributed by atoms with Crippen molar-refractivity contribution in [3.63, 3.8) is 0 Å². The molecule has 0 aliphatic carbocycles. The lowest BCUT2D eigenvalue weighted by Crippen LogP contribution is -2.12. The van der Waals surface area contributed by atoms with Gasteiger partial charge >= 0.3 is 0 Å². The predicted octanol–water partition coefficient (Wildman–Crippen LogP) is 2.88. The minimum Gasteiger partial charge on any atom is -0.388 e. The Kier molecular flexibility index (Phi) is 4.55. The van der Waals surface area contributed by atoms with Crippen LogP contribution in [0.25, 0.3) is 0 Å². The molecule has 0 aliphatic heterocycles. The van der Waals surface area contributed by atoms with Crippen molar-refractivity contribution in [2.75, 3.05) is 36.2 Å². The highest BCUT2D eigenvalue weighted by atomic mass is 15.2. The third kappa shape index (κ3) is 3.26. The number of rotatable bonds is 6. The van der Waals surface area contributed by atoms with Gasteiger partial charge in [-0.25, -0.2) is 9.97 Å². The maximum absolute atomic E-state index is 4.31. The van der Waals surface area contributed by atoms with Gasteiger partial charge in [-0.3, -0.25) is 0 Å². The second-order valence-electron chi connectivity index (χ2n) is 4.29. The number of benzene rings is 1. The summed E-state index contributed by atoms with van der Waals surface area (Å²) < 4.78 is 0. The molecule has 0 amide bonds. The van der Waals surface area contributed by atoms with Gasteiger partial charge in [0.2, 0.25) is 0 Å². The molecule has 0 saturated carbocycles. The van der Waals surface area contributed by atoms with E-state index in [0.29, 0.717) is 6.54 Å². The summed E-state index contributed by atoms with van der Waals surface area (Å²) in [6.45, 7) is 4.35.